The number of fused-ring (bicyclic) bond motifs is 1. The van der Waals surface area contributed by atoms with Crippen molar-refractivity contribution in [3.8, 4) is 0 Å². The largest absolute Gasteiger partial charge is 0.321 e. The number of nitrogens with zero attached hydrogens (tertiary/aromatic N) is 5. The number of rotatable bonds is 6. The second-order valence-electron chi connectivity index (χ2n) is 7.95. The Labute approximate surface area is 191 Å². The van der Waals surface area contributed by atoms with Gasteiger partial charge in [-0.25, -0.2) is 9.67 Å². The van der Waals surface area contributed by atoms with E-state index in [1.54, 1.807) is 6.92 Å². The molecule has 164 valence electrons. The van der Waals surface area contributed by atoms with E-state index in [9.17, 15) is 9.59 Å². The minimum Gasteiger partial charge on any atom is -0.321 e. The van der Waals surface area contributed by atoms with Crippen LogP contribution in [0.5, 0.6) is 0 Å². The molecule has 1 aromatic carbocycles. The Morgan fingerprint density at radius 1 is 1.31 bits per heavy atom. The molecule has 5 rings (SSSR count). The number of nitrogens with one attached hydrogen (secondary N) is 2. The molecule has 11 heteroatoms. The Morgan fingerprint density at radius 2 is 2.12 bits per heavy atom. The molecule has 1 fully saturated rings. The van der Waals surface area contributed by atoms with Crippen molar-refractivity contribution in [1.82, 2.24) is 30.2 Å². The van der Waals surface area contributed by atoms with Crippen LogP contribution in [-0.2, 0) is 5.75 Å². The Kier molecular flexibility index (Phi) is 5.30. The molecule has 1 saturated carbocycles. The van der Waals surface area contributed by atoms with Crippen LogP contribution in [-0.4, -0.2) is 36.1 Å². The quantitative estimate of drug-likeness (QED) is 0.414. The molecule has 0 radical (unpaired) electrons. The van der Waals surface area contributed by atoms with E-state index in [4.69, 9.17) is 0 Å². The number of thiophene rings is 1. The lowest BCUT2D eigenvalue weighted by Gasteiger charge is -2.08. The van der Waals surface area contributed by atoms with Gasteiger partial charge in [0, 0.05) is 5.69 Å². The molecule has 9 nitrogen and oxygen atoms in total. The highest BCUT2D eigenvalue weighted by atomic mass is 32.2. The van der Waals surface area contributed by atoms with Crippen molar-refractivity contribution < 1.29 is 4.79 Å². The number of carbonyl (C=O) groups is 1. The molecule has 1 aliphatic rings. The van der Waals surface area contributed by atoms with Crippen LogP contribution in [0.2, 0.25) is 0 Å². The Balaban J connectivity index is 1.40. The summed E-state index contributed by atoms with van der Waals surface area (Å²) in [5.74, 6) is 0.719. The summed E-state index contributed by atoms with van der Waals surface area (Å²) in [6.07, 6.45) is 2.17. The fraction of sp³-hybridized carbons (Fsp3) is 0.333. The number of amides is 1. The minimum absolute atomic E-state index is 0.239. The SMILES string of the molecule is Cc1ccc(NC(=O)c2sc3nc(CSc4nnnn4C4CC4)[nH]c(=O)c3c2C)c(C)c1. The molecule has 0 unspecified atom stereocenters. The van der Waals surface area contributed by atoms with Crippen LogP contribution in [0.3, 0.4) is 0 Å². The summed E-state index contributed by atoms with van der Waals surface area (Å²) >= 11 is 2.67. The van der Waals surface area contributed by atoms with Gasteiger partial charge in [-0.3, -0.25) is 9.59 Å². The van der Waals surface area contributed by atoms with Crippen LogP contribution in [0.25, 0.3) is 10.2 Å². The number of aryl methyl sites for hydroxylation is 3. The first-order chi connectivity index (χ1) is 15.4. The molecular weight excluding hydrogens is 446 g/mol. The van der Waals surface area contributed by atoms with E-state index >= 15 is 0 Å². The van der Waals surface area contributed by atoms with E-state index in [1.165, 1.54) is 23.1 Å². The van der Waals surface area contributed by atoms with Crippen LogP contribution < -0.4 is 10.9 Å². The topological polar surface area (TPSA) is 118 Å². The Bertz CT molecular complexity index is 1400. The zero-order valence-electron chi connectivity index (χ0n) is 17.8. The number of tetrazole rings is 1. The number of anilines is 1. The predicted octanol–water partition coefficient (Wildman–Crippen LogP) is 3.78. The molecule has 0 bridgehead atoms. The van der Waals surface area contributed by atoms with Crippen LogP contribution in [0, 0.1) is 20.8 Å². The van der Waals surface area contributed by atoms with Gasteiger partial charge in [0.15, 0.2) is 0 Å². The number of aromatic nitrogens is 6. The molecule has 0 saturated heterocycles. The summed E-state index contributed by atoms with van der Waals surface area (Å²) in [6.45, 7) is 5.75. The van der Waals surface area contributed by atoms with Crippen LogP contribution in [0.15, 0.2) is 28.2 Å². The third kappa shape index (κ3) is 3.93. The van der Waals surface area contributed by atoms with Gasteiger partial charge >= 0.3 is 0 Å². The smallest absolute Gasteiger partial charge is 0.266 e. The number of thioether (sulfide) groups is 1. The van der Waals surface area contributed by atoms with Gasteiger partial charge in [-0.2, -0.15) is 0 Å². The fourth-order valence-corrected chi connectivity index (χ4v) is 5.48. The minimum atomic E-state index is -0.244. The van der Waals surface area contributed by atoms with Gasteiger partial charge in [-0.05, 0) is 61.2 Å². The normalized spacial score (nSPS) is 13.6. The maximum absolute atomic E-state index is 13.0. The number of benzene rings is 1. The molecule has 0 aliphatic heterocycles. The van der Waals surface area contributed by atoms with Crippen LogP contribution in [0.4, 0.5) is 5.69 Å². The molecule has 0 spiro atoms. The van der Waals surface area contributed by atoms with Crippen molar-refractivity contribution in [3.63, 3.8) is 0 Å². The van der Waals surface area contributed by atoms with E-state index in [0.717, 1.165) is 29.7 Å². The highest BCUT2D eigenvalue weighted by Crippen LogP contribution is 2.37. The molecule has 4 aromatic rings. The number of aromatic amines is 1. The molecular formula is C21H21N7O2S2. The third-order valence-electron chi connectivity index (χ3n) is 5.38. The zero-order valence-corrected chi connectivity index (χ0v) is 19.4. The highest BCUT2D eigenvalue weighted by Gasteiger charge is 2.28. The predicted molar refractivity (Wildman–Crippen MR) is 124 cm³/mol. The van der Waals surface area contributed by atoms with E-state index < -0.39 is 0 Å². The van der Waals surface area contributed by atoms with Gasteiger partial charge in [-0.15, -0.1) is 16.4 Å². The van der Waals surface area contributed by atoms with Crippen molar-refractivity contribution >= 4 is 44.9 Å². The Hall–Kier alpha value is -3.05. The van der Waals surface area contributed by atoms with E-state index in [1.807, 2.05) is 36.7 Å². The standard InChI is InChI=1S/C21H21N7O2S2/c1-10-4-7-14(11(2)8-10)22-19(30)17-12(3)16-18(29)23-15(24-20(16)32-17)9-31-21-25-26-27-28(21)13-5-6-13/h4,7-8,13H,5-6,9H2,1-3H3,(H,22,30)(H,23,24,29). The highest BCUT2D eigenvalue weighted by molar-refractivity contribution is 7.98. The van der Waals surface area contributed by atoms with Gasteiger partial charge in [-0.1, -0.05) is 29.5 Å². The first kappa shape index (κ1) is 20.8. The zero-order chi connectivity index (χ0) is 22.4. The monoisotopic (exact) mass is 467 g/mol. The summed E-state index contributed by atoms with van der Waals surface area (Å²) < 4.78 is 1.83. The van der Waals surface area contributed by atoms with Crippen molar-refractivity contribution in [2.24, 2.45) is 0 Å². The second-order valence-corrected chi connectivity index (χ2v) is 9.89. The van der Waals surface area contributed by atoms with Crippen LogP contribution >= 0.6 is 23.1 Å². The van der Waals surface area contributed by atoms with Gasteiger partial charge in [0.2, 0.25) is 5.16 Å². The van der Waals surface area contributed by atoms with E-state index in [2.05, 4.69) is 30.8 Å². The van der Waals surface area contributed by atoms with Gasteiger partial charge in [0.05, 0.1) is 22.1 Å². The second kappa shape index (κ2) is 8.14. The first-order valence-corrected chi connectivity index (χ1v) is 12.0. The maximum atomic E-state index is 13.0. The van der Waals surface area contributed by atoms with Gasteiger partial charge < -0.3 is 10.3 Å². The average Bonchev–Trinajstić information content (AvgIpc) is 3.38. The molecule has 3 aromatic heterocycles. The first-order valence-electron chi connectivity index (χ1n) is 10.2. The number of carbonyl (C=O) groups excluding carboxylic acids is 1. The third-order valence-corrected chi connectivity index (χ3v) is 7.51. The number of hydrogen-bond acceptors (Lipinski definition) is 8. The van der Waals surface area contributed by atoms with Crippen molar-refractivity contribution in [1.29, 1.82) is 0 Å². The number of H-pyrrole nitrogens is 1. The van der Waals surface area contributed by atoms with Crippen molar-refractivity contribution in [2.45, 2.75) is 50.6 Å². The average molecular weight is 468 g/mol. The van der Waals surface area contributed by atoms with Crippen molar-refractivity contribution in [3.05, 3.63) is 55.9 Å². The fourth-order valence-electron chi connectivity index (χ4n) is 3.57. The van der Waals surface area contributed by atoms with E-state index in [-0.39, 0.29) is 11.5 Å². The summed E-state index contributed by atoms with van der Waals surface area (Å²) in [5.41, 5.74) is 3.26. The Morgan fingerprint density at radius 3 is 2.88 bits per heavy atom. The molecule has 32 heavy (non-hydrogen) atoms. The number of hydrogen-bond donors (Lipinski definition) is 2. The molecule has 3 heterocycles. The van der Waals surface area contributed by atoms with Crippen molar-refractivity contribution in [2.75, 3.05) is 5.32 Å². The molecule has 0 atom stereocenters. The maximum Gasteiger partial charge on any atom is 0.266 e. The molecule has 2 N–H and O–H groups in total. The van der Waals surface area contributed by atoms with Crippen LogP contribution in [0.1, 0.15) is 51.1 Å². The van der Waals surface area contributed by atoms with Gasteiger partial charge in [0.25, 0.3) is 11.5 Å². The van der Waals surface area contributed by atoms with E-state index in [0.29, 0.717) is 43.4 Å². The molecule has 1 aliphatic carbocycles. The summed E-state index contributed by atoms with van der Waals surface area (Å²) in [5, 5.41) is 16.0. The summed E-state index contributed by atoms with van der Waals surface area (Å²) in [4.78, 5) is 34.2. The lowest BCUT2D eigenvalue weighted by molar-refractivity contribution is 0.103. The van der Waals surface area contributed by atoms with Gasteiger partial charge in [0.1, 0.15) is 10.7 Å². The lowest BCUT2D eigenvalue weighted by atomic mass is 10.1. The summed E-state index contributed by atoms with van der Waals surface area (Å²) in [7, 11) is 0. The summed E-state index contributed by atoms with van der Waals surface area (Å²) in [6, 6.07) is 6.24. The molecule has 1 amide bonds. The lowest BCUT2D eigenvalue weighted by Crippen LogP contribution is -2.13.